The van der Waals surface area contributed by atoms with Gasteiger partial charge in [-0.25, -0.2) is 0 Å². The summed E-state index contributed by atoms with van der Waals surface area (Å²) in [5.74, 6) is 1.16. The summed E-state index contributed by atoms with van der Waals surface area (Å²) in [6, 6.07) is 24.3. The molecule has 0 aliphatic rings. The van der Waals surface area contributed by atoms with E-state index in [2.05, 4.69) is 12.1 Å². The minimum atomic E-state index is 0.465. The molecule has 0 amide bonds. The first-order valence-electron chi connectivity index (χ1n) is 5.95. The van der Waals surface area contributed by atoms with E-state index < -0.39 is 0 Å². The van der Waals surface area contributed by atoms with Gasteiger partial charge in [0.2, 0.25) is 0 Å². The Morgan fingerprint density at radius 1 is 0.947 bits per heavy atom. The molecule has 3 rings (SSSR count). The van der Waals surface area contributed by atoms with Gasteiger partial charge in [-0.2, -0.15) is 5.26 Å². The monoisotopic (exact) mass is 244 g/mol. The van der Waals surface area contributed by atoms with Crippen molar-refractivity contribution < 1.29 is 4.74 Å². The molecule has 0 atom stereocenters. The first kappa shape index (κ1) is 11.3. The highest BCUT2D eigenvalue weighted by Crippen LogP contribution is 2.28. The maximum atomic E-state index is 9.21. The van der Waals surface area contributed by atoms with Gasteiger partial charge < -0.3 is 4.74 Å². The number of benzene rings is 3. The molecule has 0 spiro atoms. The zero-order chi connectivity index (χ0) is 13.1. The van der Waals surface area contributed by atoms with Gasteiger partial charge in [0.05, 0.1) is 5.56 Å². The van der Waals surface area contributed by atoms with E-state index in [1.165, 1.54) is 0 Å². The molecule has 0 unspecified atom stereocenters. The van der Waals surface area contributed by atoms with E-state index >= 15 is 0 Å². The van der Waals surface area contributed by atoms with Crippen LogP contribution < -0.4 is 4.74 Å². The van der Waals surface area contributed by atoms with Gasteiger partial charge in [0.1, 0.15) is 11.8 Å². The number of hydrogen-bond donors (Lipinski definition) is 0. The van der Waals surface area contributed by atoms with Gasteiger partial charge >= 0.3 is 0 Å². The zero-order valence-electron chi connectivity index (χ0n) is 10.1. The van der Waals surface area contributed by atoms with Crippen molar-refractivity contribution in [1.29, 1.82) is 5.26 Å². The van der Waals surface area contributed by atoms with Gasteiger partial charge in [-0.3, -0.25) is 0 Å². The summed E-state index contributed by atoms with van der Waals surface area (Å²) in [5, 5.41) is 11.1. The van der Waals surface area contributed by atoms with Crippen LogP contribution in [0.5, 0.6) is 11.5 Å². The molecule has 0 aromatic heterocycles. The van der Waals surface area contributed by atoms with Gasteiger partial charge in [-0.1, -0.05) is 42.5 Å². The van der Waals surface area contributed by atoms with Crippen LogP contribution in [0.4, 0.5) is 0 Å². The Hall–Kier alpha value is -2.79. The Labute approximate surface area is 111 Å². The molecular formula is C17H10NO. The maximum absolute atomic E-state index is 9.21. The summed E-state index contributed by atoms with van der Waals surface area (Å²) in [5.41, 5.74) is 0.488. The number of fused-ring (bicyclic) bond motifs is 1. The van der Waals surface area contributed by atoms with Crippen LogP contribution in [-0.2, 0) is 0 Å². The summed E-state index contributed by atoms with van der Waals surface area (Å²) < 4.78 is 5.73. The summed E-state index contributed by atoms with van der Waals surface area (Å²) in [7, 11) is 0. The van der Waals surface area contributed by atoms with Crippen molar-refractivity contribution in [2.45, 2.75) is 0 Å². The fourth-order valence-corrected chi connectivity index (χ4v) is 1.92. The number of para-hydroxylation sites is 1. The minimum absolute atomic E-state index is 0.465. The van der Waals surface area contributed by atoms with Crippen LogP contribution in [0.25, 0.3) is 10.8 Å². The van der Waals surface area contributed by atoms with Crippen molar-refractivity contribution in [2.75, 3.05) is 0 Å². The molecule has 2 nitrogen and oxygen atoms in total. The molecule has 89 valence electrons. The first-order chi connectivity index (χ1) is 9.36. The first-order valence-corrected chi connectivity index (χ1v) is 5.95. The molecule has 3 aromatic carbocycles. The molecule has 0 fully saturated rings. The second-order valence-corrected chi connectivity index (χ2v) is 4.13. The summed E-state index contributed by atoms with van der Waals surface area (Å²) in [4.78, 5) is 0. The largest absolute Gasteiger partial charge is 0.455 e. The number of ether oxygens (including phenoxy) is 1. The van der Waals surface area contributed by atoms with E-state index in [0.717, 1.165) is 10.8 Å². The zero-order valence-corrected chi connectivity index (χ0v) is 10.1. The van der Waals surface area contributed by atoms with Crippen LogP contribution in [0.1, 0.15) is 5.56 Å². The fraction of sp³-hybridized carbons (Fsp3) is 0. The van der Waals surface area contributed by atoms with Crippen LogP contribution in [0.2, 0.25) is 0 Å². The Morgan fingerprint density at radius 2 is 1.68 bits per heavy atom. The topological polar surface area (TPSA) is 33.0 Å². The van der Waals surface area contributed by atoms with Crippen molar-refractivity contribution in [2.24, 2.45) is 0 Å². The fourth-order valence-electron chi connectivity index (χ4n) is 1.92. The Morgan fingerprint density at radius 3 is 2.47 bits per heavy atom. The third-order valence-corrected chi connectivity index (χ3v) is 2.84. The van der Waals surface area contributed by atoms with Crippen molar-refractivity contribution in [1.82, 2.24) is 0 Å². The van der Waals surface area contributed by atoms with Crippen LogP contribution >= 0.6 is 0 Å². The van der Waals surface area contributed by atoms with Crippen molar-refractivity contribution in [3.8, 4) is 17.6 Å². The van der Waals surface area contributed by atoms with Gasteiger partial charge in [0.25, 0.3) is 0 Å². The molecule has 2 heteroatoms. The van der Waals surface area contributed by atoms with Crippen LogP contribution in [0, 0.1) is 17.4 Å². The highest BCUT2D eigenvalue weighted by atomic mass is 16.5. The molecule has 0 aliphatic heterocycles. The smallest absolute Gasteiger partial charge is 0.153 e. The van der Waals surface area contributed by atoms with E-state index in [4.69, 9.17) is 4.74 Å². The van der Waals surface area contributed by atoms with Crippen LogP contribution in [0.3, 0.4) is 0 Å². The molecule has 0 heterocycles. The summed E-state index contributed by atoms with van der Waals surface area (Å²) >= 11 is 0. The van der Waals surface area contributed by atoms with E-state index in [0.29, 0.717) is 17.1 Å². The molecule has 19 heavy (non-hydrogen) atoms. The number of nitrogens with zero attached hydrogens (tertiary/aromatic N) is 1. The number of hydrogen-bond acceptors (Lipinski definition) is 2. The third kappa shape index (κ3) is 2.27. The van der Waals surface area contributed by atoms with Crippen molar-refractivity contribution in [3.63, 3.8) is 0 Å². The van der Waals surface area contributed by atoms with Crippen molar-refractivity contribution >= 4 is 10.8 Å². The van der Waals surface area contributed by atoms with Gasteiger partial charge in [-0.15, -0.1) is 0 Å². The lowest BCUT2D eigenvalue weighted by Gasteiger charge is -2.08. The third-order valence-electron chi connectivity index (χ3n) is 2.84. The molecule has 3 aromatic rings. The van der Waals surface area contributed by atoms with Crippen LogP contribution in [0.15, 0.2) is 60.7 Å². The molecule has 0 aliphatic carbocycles. The molecule has 0 saturated heterocycles. The van der Waals surface area contributed by atoms with Crippen LogP contribution in [-0.4, -0.2) is 0 Å². The van der Waals surface area contributed by atoms with E-state index in [9.17, 15) is 5.26 Å². The number of nitriles is 1. The maximum Gasteiger partial charge on any atom is 0.153 e. The summed E-state index contributed by atoms with van der Waals surface area (Å²) in [6.45, 7) is 0. The Kier molecular flexibility index (Phi) is 2.88. The minimum Gasteiger partial charge on any atom is -0.455 e. The lowest BCUT2D eigenvalue weighted by atomic mass is 10.1. The molecule has 0 bridgehead atoms. The highest BCUT2D eigenvalue weighted by molar-refractivity contribution is 5.85. The predicted octanol–water partition coefficient (Wildman–Crippen LogP) is 4.30. The molecular weight excluding hydrogens is 234 g/mol. The standard InChI is InChI=1S/C17H10NO/c18-12-15-10-13-6-4-5-7-14(13)11-17(15)19-16-8-2-1-3-9-16/h1-10H. The average molecular weight is 244 g/mol. The van der Waals surface area contributed by atoms with E-state index in [1.807, 2.05) is 60.7 Å². The quantitative estimate of drug-likeness (QED) is 0.673. The lowest BCUT2D eigenvalue weighted by Crippen LogP contribution is -1.89. The SMILES string of the molecule is N#Cc1cc2ccccc2[c]c1Oc1ccccc1. The molecule has 1 radical (unpaired) electrons. The average Bonchev–Trinajstić information content (AvgIpc) is 2.47. The van der Waals surface area contributed by atoms with Gasteiger partial charge in [0, 0.05) is 6.07 Å². The lowest BCUT2D eigenvalue weighted by molar-refractivity contribution is 0.481. The van der Waals surface area contributed by atoms with Gasteiger partial charge in [-0.05, 0) is 29.0 Å². The Bertz CT molecular complexity index is 757. The molecule has 0 saturated carbocycles. The number of rotatable bonds is 2. The normalized spacial score (nSPS) is 10.1. The molecule has 0 N–H and O–H groups in total. The second-order valence-electron chi connectivity index (χ2n) is 4.13. The second kappa shape index (κ2) is 4.83. The van der Waals surface area contributed by atoms with E-state index in [-0.39, 0.29) is 0 Å². The van der Waals surface area contributed by atoms with Crippen molar-refractivity contribution in [3.05, 3.63) is 72.3 Å². The van der Waals surface area contributed by atoms with E-state index in [1.54, 1.807) is 0 Å². The Balaban J connectivity index is 2.10. The summed E-state index contributed by atoms with van der Waals surface area (Å²) in [6.07, 6.45) is 0. The highest BCUT2D eigenvalue weighted by Gasteiger charge is 2.07. The predicted molar refractivity (Wildman–Crippen MR) is 74.0 cm³/mol. The van der Waals surface area contributed by atoms with Gasteiger partial charge in [0.15, 0.2) is 5.75 Å².